The smallest absolute Gasteiger partial charge is 0.152 e. The van der Waals surface area contributed by atoms with Crippen molar-refractivity contribution in [2.45, 2.75) is 43.6 Å². The van der Waals surface area contributed by atoms with E-state index in [0.29, 0.717) is 23.8 Å². The van der Waals surface area contributed by atoms with Crippen LogP contribution in [0.15, 0.2) is 18.6 Å². The van der Waals surface area contributed by atoms with Gasteiger partial charge in [-0.2, -0.15) is 0 Å². The quantitative estimate of drug-likeness (QED) is 0.296. The zero-order valence-electron chi connectivity index (χ0n) is 13.6. The Kier molecular flexibility index (Phi) is 4.09. The van der Waals surface area contributed by atoms with Gasteiger partial charge >= 0.3 is 0 Å². The predicted molar refractivity (Wildman–Crippen MR) is 91.0 cm³/mol. The fraction of sp³-hybridized carbons (Fsp3) is 0.529. The first-order valence-corrected chi connectivity index (χ1v) is 8.43. The molecule has 2 aromatic heterocycles. The maximum absolute atomic E-state index is 10.5. The molecule has 6 N–H and O–H groups in total. The largest absolute Gasteiger partial charge is 0.390 e. The molecule has 2 heterocycles. The fourth-order valence-electron chi connectivity index (χ4n) is 3.52. The Morgan fingerprint density at radius 2 is 2.08 bits per heavy atom. The van der Waals surface area contributed by atoms with Gasteiger partial charge in [0, 0.05) is 18.0 Å². The summed E-state index contributed by atoms with van der Waals surface area (Å²) in [4.78, 5) is 8.32. The molecule has 5 atom stereocenters. The minimum atomic E-state index is -1.04. The van der Waals surface area contributed by atoms with Crippen LogP contribution in [0.2, 0.25) is 0 Å². The topological polar surface area (TPSA) is 129 Å². The second-order valence-corrected chi connectivity index (χ2v) is 6.78. The monoisotopic (exact) mass is 343 g/mol. The third-order valence-electron chi connectivity index (χ3n) is 5.12. The number of nitrogens with zero attached hydrogens (tertiary/aromatic N) is 3. The first-order chi connectivity index (χ1) is 12.1. The van der Waals surface area contributed by atoms with Gasteiger partial charge in [0.05, 0.1) is 17.5 Å². The lowest BCUT2D eigenvalue weighted by molar-refractivity contribution is -0.0138. The number of hydrogen-bond donors (Lipinski definition) is 5. The molecule has 2 fully saturated rings. The van der Waals surface area contributed by atoms with Crippen LogP contribution in [0, 0.1) is 23.7 Å². The van der Waals surface area contributed by atoms with Gasteiger partial charge in [-0.1, -0.05) is 11.8 Å². The summed E-state index contributed by atoms with van der Waals surface area (Å²) in [5, 5.41) is 31.9. The summed E-state index contributed by atoms with van der Waals surface area (Å²) in [5.41, 5.74) is 3.13. The van der Waals surface area contributed by atoms with Crippen molar-refractivity contribution >= 4 is 16.9 Å². The lowest BCUT2D eigenvalue weighted by atomic mass is 9.98. The summed E-state index contributed by atoms with van der Waals surface area (Å²) < 4.78 is 1.80. The van der Waals surface area contributed by atoms with Gasteiger partial charge in [-0.3, -0.25) is 0 Å². The number of nitrogen functional groups attached to an aromatic ring is 1. The van der Waals surface area contributed by atoms with Crippen LogP contribution in [-0.2, 0) is 0 Å². The zero-order valence-corrected chi connectivity index (χ0v) is 13.6. The van der Waals surface area contributed by atoms with Gasteiger partial charge in [0.25, 0.3) is 0 Å². The molecule has 0 amide bonds. The molecular formula is C17H21N5O3. The maximum atomic E-state index is 10.5. The Balaban J connectivity index is 1.62. The van der Waals surface area contributed by atoms with Gasteiger partial charge in [0.1, 0.15) is 24.2 Å². The average molecular weight is 343 g/mol. The van der Waals surface area contributed by atoms with Gasteiger partial charge < -0.3 is 25.3 Å². The van der Waals surface area contributed by atoms with Crippen molar-refractivity contribution in [3.63, 3.8) is 0 Å². The van der Waals surface area contributed by atoms with Gasteiger partial charge in [-0.05, 0) is 25.3 Å². The first kappa shape index (κ1) is 16.3. The van der Waals surface area contributed by atoms with Crippen molar-refractivity contribution in [1.29, 1.82) is 0 Å². The van der Waals surface area contributed by atoms with E-state index in [2.05, 4.69) is 27.2 Å². The third kappa shape index (κ3) is 2.85. The summed E-state index contributed by atoms with van der Waals surface area (Å²) >= 11 is 0. The molecule has 0 saturated heterocycles. The van der Waals surface area contributed by atoms with E-state index in [1.807, 2.05) is 0 Å². The molecule has 0 bridgehead atoms. The minimum Gasteiger partial charge on any atom is -0.390 e. The predicted octanol–water partition coefficient (Wildman–Crippen LogP) is -0.226. The Labute approximate surface area is 144 Å². The van der Waals surface area contributed by atoms with Crippen LogP contribution in [0.3, 0.4) is 0 Å². The molecular weight excluding hydrogens is 322 g/mol. The number of rotatable bonds is 3. The van der Waals surface area contributed by atoms with Crippen LogP contribution < -0.4 is 11.3 Å². The van der Waals surface area contributed by atoms with Gasteiger partial charge in [0.2, 0.25) is 0 Å². The number of nitrogens with one attached hydrogen (secondary N) is 1. The normalized spacial score (nSPS) is 30.1. The molecule has 25 heavy (non-hydrogen) atoms. The Morgan fingerprint density at radius 3 is 2.80 bits per heavy atom. The Hall–Kier alpha value is -2.18. The van der Waals surface area contributed by atoms with Crippen molar-refractivity contribution in [3.8, 4) is 11.8 Å². The van der Waals surface area contributed by atoms with Gasteiger partial charge in [-0.25, -0.2) is 15.8 Å². The van der Waals surface area contributed by atoms with Crippen LogP contribution in [-0.4, -0.2) is 48.2 Å². The van der Waals surface area contributed by atoms with Gasteiger partial charge in [-0.15, -0.1) is 0 Å². The van der Waals surface area contributed by atoms with E-state index in [1.54, 1.807) is 16.8 Å². The average Bonchev–Trinajstić information content (AvgIpc) is 3.29. The molecule has 0 spiro atoms. The summed E-state index contributed by atoms with van der Waals surface area (Å²) in [7, 11) is 0. The van der Waals surface area contributed by atoms with Crippen LogP contribution in [0.1, 0.15) is 25.3 Å². The van der Waals surface area contributed by atoms with Crippen molar-refractivity contribution < 1.29 is 15.3 Å². The molecule has 2 aliphatic rings. The summed E-state index contributed by atoms with van der Waals surface area (Å²) in [5.74, 6) is 11.7. The number of hydrazine groups is 1. The molecule has 2 saturated carbocycles. The molecule has 2 aromatic rings. The van der Waals surface area contributed by atoms with Crippen molar-refractivity contribution in [1.82, 2.24) is 14.5 Å². The molecule has 8 heteroatoms. The molecule has 2 aliphatic carbocycles. The second kappa shape index (κ2) is 6.28. The molecule has 0 radical (unpaired) electrons. The third-order valence-corrected chi connectivity index (χ3v) is 5.12. The van der Waals surface area contributed by atoms with Crippen LogP contribution >= 0.6 is 0 Å². The number of aliphatic hydroxyl groups is 3. The van der Waals surface area contributed by atoms with E-state index in [9.17, 15) is 15.3 Å². The summed E-state index contributed by atoms with van der Waals surface area (Å²) in [6, 6.07) is 1.40. The molecule has 132 valence electrons. The summed E-state index contributed by atoms with van der Waals surface area (Å²) in [6.07, 6.45) is 2.72. The maximum Gasteiger partial charge on any atom is 0.152 e. The van der Waals surface area contributed by atoms with E-state index in [0.717, 1.165) is 18.2 Å². The highest BCUT2D eigenvalue weighted by atomic mass is 16.3. The highest BCUT2D eigenvalue weighted by Gasteiger charge is 2.45. The Morgan fingerprint density at radius 1 is 1.28 bits per heavy atom. The molecule has 0 aliphatic heterocycles. The van der Waals surface area contributed by atoms with Crippen molar-refractivity contribution in [2.75, 3.05) is 5.43 Å². The number of anilines is 1. The second-order valence-electron chi connectivity index (χ2n) is 6.78. The van der Waals surface area contributed by atoms with Gasteiger partial charge in [0.15, 0.2) is 5.82 Å². The van der Waals surface area contributed by atoms with E-state index in [1.165, 1.54) is 6.33 Å². The standard InChI is InChI=1S/C17H21N5O3/c18-21-16-10-5-6-22(17(10)20-8-19-16)12-7-11(14(24)15(12)25)13(23)4-3-9-1-2-9/h5-6,8-9,11-15,23-25H,1-2,7,18H2,(H,19,20,21)/t11-,12-,13-,14-,15+/m1/s1. The number of hydrogen-bond acceptors (Lipinski definition) is 7. The SMILES string of the molecule is NNc1ncnc2c1ccn2[C@@H]1C[C@H]([C@H](O)C#CC2CC2)[C@@H](O)[C@H]1O. The highest BCUT2D eigenvalue weighted by molar-refractivity contribution is 5.87. The zero-order chi connectivity index (χ0) is 17.6. The van der Waals surface area contributed by atoms with Crippen LogP contribution in [0.25, 0.3) is 11.0 Å². The number of aliphatic hydroxyl groups excluding tert-OH is 3. The van der Waals surface area contributed by atoms with E-state index >= 15 is 0 Å². The summed E-state index contributed by atoms with van der Waals surface area (Å²) in [6.45, 7) is 0. The molecule has 8 nitrogen and oxygen atoms in total. The molecule has 0 aromatic carbocycles. The number of nitrogens with two attached hydrogens (primary N) is 1. The van der Waals surface area contributed by atoms with Crippen LogP contribution in [0.5, 0.6) is 0 Å². The Bertz CT molecular complexity index is 838. The van der Waals surface area contributed by atoms with E-state index in [4.69, 9.17) is 5.84 Å². The number of aromatic nitrogens is 3. The van der Waals surface area contributed by atoms with E-state index < -0.39 is 30.3 Å². The molecule has 0 unspecified atom stereocenters. The molecule has 4 rings (SSSR count). The van der Waals surface area contributed by atoms with E-state index in [-0.39, 0.29) is 0 Å². The fourth-order valence-corrected chi connectivity index (χ4v) is 3.52. The number of fused-ring (bicyclic) bond motifs is 1. The minimum absolute atomic E-state index is 0.376. The lowest BCUT2D eigenvalue weighted by Crippen LogP contribution is -2.33. The van der Waals surface area contributed by atoms with Crippen molar-refractivity contribution in [2.24, 2.45) is 17.7 Å². The van der Waals surface area contributed by atoms with Crippen LogP contribution in [0.4, 0.5) is 5.82 Å². The van der Waals surface area contributed by atoms with Crippen molar-refractivity contribution in [3.05, 3.63) is 18.6 Å². The lowest BCUT2D eigenvalue weighted by Gasteiger charge is -2.19. The highest BCUT2D eigenvalue weighted by Crippen LogP contribution is 2.39. The first-order valence-electron chi connectivity index (χ1n) is 8.43.